The van der Waals surface area contributed by atoms with Crippen LogP contribution in [0.25, 0.3) is 0 Å². The fraction of sp³-hybridized carbons (Fsp3) is 0. The Morgan fingerprint density at radius 2 is 1.82 bits per heavy atom. The predicted molar refractivity (Wildman–Crippen MR) is 45.5 cm³/mol. The molecule has 0 fully saturated rings. The molecule has 0 heterocycles. The zero-order chi connectivity index (χ0) is 11.6. The Bertz CT molecular complexity index is 503. The number of hydrogen-bond acceptors (Lipinski definition) is 7. The Morgan fingerprint density at radius 3 is 2.24 bits per heavy atom. The number of benzene rings is 1. The fourth-order valence-corrected chi connectivity index (χ4v) is 1.25. The molecule has 0 saturated carbocycles. The second-order valence-corrected chi connectivity index (χ2v) is 3.52. The second-order valence-electron chi connectivity index (χ2n) is 2.53. The van der Waals surface area contributed by atoms with Crippen molar-refractivity contribution in [2.45, 2.75) is 0 Å². The van der Waals surface area contributed by atoms with Crippen molar-refractivity contribution >= 4 is 22.1 Å². The summed E-state index contributed by atoms with van der Waals surface area (Å²) in [6, 6.07) is 3.07. The van der Waals surface area contributed by atoms with Crippen LogP contribution < -0.4 is 74.1 Å². The number of carboxylic acid groups (broad SMARTS) is 1. The number of hydrogen-bond donors (Lipinski definition) is 1. The van der Waals surface area contributed by atoms with Gasteiger partial charge < -0.3 is 24.4 Å². The molecule has 0 aliphatic heterocycles. The SMILES string of the molecule is Nc1ccc(OS(=O)(=O)[O-])c(C(=O)[O-])c1.[Na+].[Na+]. The van der Waals surface area contributed by atoms with Crippen LogP contribution in [0.1, 0.15) is 10.4 Å². The van der Waals surface area contributed by atoms with Gasteiger partial charge in [-0.15, -0.1) is 0 Å². The van der Waals surface area contributed by atoms with Gasteiger partial charge in [-0.05, 0) is 18.2 Å². The van der Waals surface area contributed by atoms with Gasteiger partial charge in [-0.2, -0.15) is 0 Å². The van der Waals surface area contributed by atoms with Gasteiger partial charge in [0.25, 0.3) is 10.4 Å². The maximum atomic E-state index is 10.5. The number of carbonyl (C=O) groups is 1. The van der Waals surface area contributed by atoms with E-state index in [1.54, 1.807) is 0 Å². The summed E-state index contributed by atoms with van der Waals surface area (Å²) in [5.74, 6) is -2.32. The standard InChI is InChI=1S/C7H7NO6S.2Na/c8-4-1-2-6(14-15(11,12)13)5(3-4)7(9)10;;/h1-3H,8H2,(H,9,10)(H,11,12,13);;/q;2*+1/p-2. The normalized spacial score (nSPS) is 9.71. The predicted octanol–water partition coefficient (Wildman–Crippen LogP) is -7.52. The van der Waals surface area contributed by atoms with Crippen molar-refractivity contribution < 1.29 is 86.2 Å². The smallest absolute Gasteiger partial charge is 0.716 e. The van der Waals surface area contributed by atoms with Gasteiger partial charge in [-0.25, -0.2) is 8.42 Å². The van der Waals surface area contributed by atoms with Crippen LogP contribution in [0.2, 0.25) is 0 Å². The summed E-state index contributed by atoms with van der Waals surface area (Å²) < 4.78 is 34.6. The third-order valence-corrected chi connectivity index (χ3v) is 1.80. The van der Waals surface area contributed by atoms with Crippen LogP contribution in [0.4, 0.5) is 5.69 Å². The molecule has 7 nitrogen and oxygen atoms in total. The van der Waals surface area contributed by atoms with E-state index in [1.165, 1.54) is 6.07 Å². The molecule has 0 aromatic heterocycles. The summed E-state index contributed by atoms with van der Waals surface area (Å²) >= 11 is 0. The molecule has 0 saturated heterocycles. The molecular weight excluding hydrogens is 272 g/mol. The third kappa shape index (κ3) is 6.63. The Balaban J connectivity index is 0. The van der Waals surface area contributed by atoms with Crippen molar-refractivity contribution in [2.24, 2.45) is 0 Å². The quantitative estimate of drug-likeness (QED) is 0.251. The number of nitrogens with two attached hydrogens (primary N) is 1. The van der Waals surface area contributed by atoms with E-state index in [-0.39, 0.29) is 64.8 Å². The zero-order valence-corrected chi connectivity index (χ0v) is 14.0. The number of carboxylic acids is 1. The zero-order valence-electron chi connectivity index (χ0n) is 9.17. The monoisotopic (exact) mass is 277 g/mol. The van der Waals surface area contributed by atoms with E-state index >= 15 is 0 Å². The molecule has 10 heteroatoms. The van der Waals surface area contributed by atoms with Crippen LogP contribution in [0.15, 0.2) is 18.2 Å². The molecule has 0 radical (unpaired) electrons. The first-order valence-corrected chi connectivity index (χ1v) is 4.89. The summed E-state index contributed by atoms with van der Waals surface area (Å²) in [5.41, 5.74) is 4.73. The molecule has 0 amide bonds. The van der Waals surface area contributed by atoms with E-state index in [1.807, 2.05) is 0 Å². The van der Waals surface area contributed by atoms with Crippen LogP contribution in [0.3, 0.4) is 0 Å². The molecule has 0 atom stereocenters. The van der Waals surface area contributed by atoms with Crippen molar-refractivity contribution in [3.63, 3.8) is 0 Å². The topological polar surface area (TPSA) is 133 Å². The van der Waals surface area contributed by atoms with Gasteiger partial charge in [0.15, 0.2) is 5.75 Å². The minimum Gasteiger partial charge on any atom is -0.716 e. The van der Waals surface area contributed by atoms with Gasteiger partial charge in [0, 0.05) is 11.3 Å². The van der Waals surface area contributed by atoms with Gasteiger partial charge in [0.1, 0.15) is 0 Å². The molecule has 82 valence electrons. The number of aromatic carboxylic acids is 1. The summed E-state index contributed by atoms with van der Waals surface area (Å²) in [5, 5.41) is 10.5. The summed E-state index contributed by atoms with van der Waals surface area (Å²) in [4.78, 5) is 10.5. The Hall–Kier alpha value is 0.200. The van der Waals surface area contributed by atoms with Crippen molar-refractivity contribution in [2.75, 3.05) is 5.73 Å². The largest absolute Gasteiger partial charge is 1.00 e. The molecule has 1 aromatic rings. The molecule has 0 spiro atoms. The number of nitrogen functional groups attached to an aromatic ring is 1. The van der Waals surface area contributed by atoms with Gasteiger partial charge in [-0.1, -0.05) is 0 Å². The van der Waals surface area contributed by atoms with E-state index in [2.05, 4.69) is 4.18 Å². The summed E-state index contributed by atoms with van der Waals surface area (Å²) in [6.45, 7) is 0. The van der Waals surface area contributed by atoms with E-state index in [0.717, 1.165) is 12.1 Å². The Morgan fingerprint density at radius 1 is 1.29 bits per heavy atom. The van der Waals surface area contributed by atoms with Gasteiger partial charge >= 0.3 is 59.1 Å². The van der Waals surface area contributed by atoms with Crippen LogP contribution in [-0.4, -0.2) is 18.9 Å². The maximum absolute atomic E-state index is 10.5. The van der Waals surface area contributed by atoms with Crippen LogP contribution in [-0.2, 0) is 10.4 Å². The molecular formula is C7H5NNa2O6S. The number of rotatable bonds is 3. The van der Waals surface area contributed by atoms with Gasteiger partial charge in [-0.3, -0.25) is 0 Å². The van der Waals surface area contributed by atoms with Crippen LogP contribution in [0.5, 0.6) is 5.75 Å². The minimum absolute atomic E-state index is 0. The first-order chi connectivity index (χ1) is 6.79. The van der Waals surface area contributed by atoms with E-state index in [4.69, 9.17) is 5.73 Å². The molecule has 1 aromatic carbocycles. The first-order valence-electron chi connectivity index (χ1n) is 3.56. The molecule has 0 unspecified atom stereocenters. The molecule has 2 N–H and O–H groups in total. The summed E-state index contributed by atoms with van der Waals surface area (Å²) in [6.07, 6.45) is 0. The van der Waals surface area contributed by atoms with Gasteiger partial charge in [0.2, 0.25) is 0 Å². The molecule has 1 rings (SSSR count). The molecule has 0 bridgehead atoms. The molecule has 0 aliphatic carbocycles. The first kappa shape index (κ1) is 19.5. The number of anilines is 1. The van der Waals surface area contributed by atoms with E-state index in [9.17, 15) is 22.9 Å². The van der Waals surface area contributed by atoms with E-state index in [0.29, 0.717) is 0 Å². The second kappa shape index (κ2) is 7.59. The Kier molecular flexibility index (Phi) is 8.73. The van der Waals surface area contributed by atoms with E-state index < -0.39 is 27.7 Å². The van der Waals surface area contributed by atoms with Crippen molar-refractivity contribution in [1.29, 1.82) is 0 Å². The molecule has 0 aliphatic rings. The van der Waals surface area contributed by atoms with Crippen LogP contribution >= 0.6 is 0 Å². The average Bonchev–Trinajstić information content (AvgIpc) is 2.05. The Labute approximate surface area is 142 Å². The van der Waals surface area contributed by atoms with Crippen molar-refractivity contribution in [1.82, 2.24) is 0 Å². The van der Waals surface area contributed by atoms with Crippen molar-refractivity contribution in [3.05, 3.63) is 23.8 Å². The number of carbonyl (C=O) groups excluding carboxylic acids is 1. The third-order valence-electron chi connectivity index (χ3n) is 1.42. The average molecular weight is 277 g/mol. The van der Waals surface area contributed by atoms with Crippen LogP contribution in [0, 0.1) is 0 Å². The fourth-order valence-electron chi connectivity index (χ4n) is 0.890. The minimum atomic E-state index is -5.03. The maximum Gasteiger partial charge on any atom is 1.00 e. The van der Waals surface area contributed by atoms with Gasteiger partial charge in [0.05, 0.1) is 5.97 Å². The molecule has 17 heavy (non-hydrogen) atoms. The van der Waals surface area contributed by atoms with Crippen molar-refractivity contribution in [3.8, 4) is 5.75 Å². The summed E-state index contributed by atoms with van der Waals surface area (Å²) in [7, 11) is -5.03.